The van der Waals surface area contributed by atoms with Gasteiger partial charge in [0.05, 0.1) is 12.0 Å². The molecule has 0 radical (unpaired) electrons. The average Bonchev–Trinajstić information content (AvgIpc) is 2.61. The molecule has 27 heavy (non-hydrogen) atoms. The van der Waals surface area contributed by atoms with Crippen LogP contribution >= 0.6 is 0 Å². The maximum Gasteiger partial charge on any atom is 1.00 e. The minimum absolute atomic E-state index is 0. The first kappa shape index (κ1) is 29.1. The van der Waals surface area contributed by atoms with Crippen molar-refractivity contribution in [3.63, 3.8) is 0 Å². The third kappa shape index (κ3) is 14.6. The van der Waals surface area contributed by atoms with Crippen LogP contribution in [0.4, 0.5) is 0 Å². The maximum atomic E-state index is 12.2. The molecule has 2 atom stereocenters. The summed E-state index contributed by atoms with van der Waals surface area (Å²) in [6.07, 6.45) is 16.3. The molecule has 0 heterocycles. The summed E-state index contributed by atoms with van der Waals surface area (Å²) in [5.74, 6) is -1.31. The first-order valence-corrected chi connectivity index (χ1v) is 10.9. The van der Waals surface area contributed by atoms with Gasteiger partial charge in [-0.05, 0) is 12.3 Å². The Bertz CT molecular complexity index is 377. The van der Waals surface area contributed by atoms with Gasteiger partial charge in [0, 0.05) is 13.5 Å². The van der Waals surface area contributed by atoms with E-state index in [2.05, 4.69) is 6.92 Å². The molecule has 1 amide bonds. The Hall–Kier alpha value is -0.0600. The Labute approximate surface area is 190 Å². The van der Waals surface area contributed by atoms with Crippen LogP contribution in [0.25, 0.3) is 0 Å². The Morgan fingerprint density at radius 2 is 1.22 bits per heavy atom. The van der Waals surface area contributed by atoms with E-state index in [1.807, 2.05) is 13.8 Å². The van der Waals surface area contributed by atoms with Gasteiger partial charge in [0.15, 0.2) is 0 Å². The monoisotopic (exact) mass is 391 g/mol. The molecule has 5 heteroatoms. The summed E-state index contributed by atoms with van der Waals surface area (Å²) < 4.78 is 0. The number of nitrogens with zero attached hydrogens (tertiary/aromatic N) is 1. The van der Waals surface area contributed by atoms with E-state index in [0.717, 1.165) is 19.3 Å². The quantitative estimate of drug-likeness (QED) is 0.280. The molecule has 0 saturated carbocycles. The SMILES string of the molecule is CCCCCCCCCCCCCCC(=O)N(C)[C@H](C(=O)[O-])[C@@H](C)CC.[Na+]. The molecular weight excluding hydrogens is 349 g/mol. The van der Waals surface area contributed by atoms with Gasteiger partial charge >= 0.3 is 29.6 Å². The molecule has 0 rings (SSSR count). The Morgan fingerprint density at radius 1 is 0.815 bits per heavy atom. The first-order valence-electron chi connectivity index (χ1n) is 10.9. The number of rotatable bonds is 17. The Morgan fingerprint density at radius 3 is 1.59 bits per heavy atom. The molecule has 154 valence electrons. The predicted octanol–water partition coefficient (Wildman–Crippen LogP) is 1.70. The van der Waals surface area contributed by atoms with Gasteiger partial charge in [-0.3, -0.25) is 4.79 Å². The second-order valence-electron chi connectivity index (χ2n) is 7.79. The van der Waals surface area contributed by atoms with Crippen LogP contribution in [-0.2, 0) is 9.59 Å². The van der Waals surface area contributed by atoms with Crippen LogP contribution < -0.4 is 34.7 Å². The van der Waals surface area contributed by atoms with E-state index in [1.54, 1.807) is 7.05 Å². The number of carbonyl (C=O) groups is 2. The topological polar surface area (TPSA) is 60.4 Å². The van der Waals surface area contributed by atoms with Crippen molar-refractivity contribution in [2.75, 3.05) is 7.05 Å². The molecule has 0 aromatic heterocycles. The van der Waals surface area contributed by atoms with E-state index in [1.165, 1.54) is 69.1 Å². The second kappa shape index (κ2) is 19.3. The molecule has 0 aliphatic heterocycles. The molecule has 0 aliphatic carbocycles. The number of unbranched alkanes of at least 4 members (excludes halogenated alkanes) is 11. The molecule has 0 saturated heterocycles. The van der Waals surface area contributed by atoms with Gasteiger partial charge in [-0.1, -0.05) is 97.8 Å². The molecule has 0 unspecified atom stereocenters. The first-order chi connectivity index (χ1) is 12.5. The van der Waals surface area contributed by atoms with Gasteiger partial charge in [0.1, 0.15) is 0 Å². The van der Waals surface area contributed by atoms with Crippen LogP contribution in [0.15, 0.2) is 0 Å². The van der Waals surface area contributed by atoms with Crippen LogP contribution in [0.1, 0.15) is 111 Å². The van der Waals surface area contributed by atoms with Crippen molar-refractivity contribution in [3.8, 4) is 0 Å². The van der Waals surface area contributed by atoms with E-state index < -0.39 is 12.0 Å². The summed E-state index contributed by atoms with van der Waals surface area (Å²) >= 11 is 0. The van der Waals surface area contributed by atoms with Crippen LogP contribution in [-0.4, -0.2) is 29.9 Å². The van der Waals surface area contributed by atoms with E-state index in [9.17, 15) is 14.7 Å². The zero-order valence-corrected chi connectivity index (χ0v) is 20.7. The van der Waals surface area contributed by atoms with Crippen molar-refractivity contribution in [1.29, 1.82) is 0 Å². The minimum Gasteiger partial charge on any atom is -0.548 e. The van der Waals surface area contributed by atoms with Crippen molar-refractivity contribution in [2.24, 2.45) is 5.92 Å². The van der Waals surface area contributed by atoms with E-state index in [0.29, 0.717) is 6.42 Å². The normalized spacial score (nSPS) is 12.9. The molecule has 0 spiro atoms. The van der Waals surface area contributed by atoms with Crippen LogP contribution in [0.3, 0.4) is 0 Å². The number of likely N-dealkylation sites (N-methyl/N-ethyl adjacent to an activating group) is 1. The average molecular weight is 392 g/mol. The largest absolute Gasteiger partial charge is 1.00 e. The van der Waals surface area contributed by atoms with Crippen molar-refractivity contribution in [1.82, 2.24) is 4.90 Å². The third-order valence-electron chi connectivity index (χ3n) is 5.48. The predicted molar refractivity (Wildman–Crippen MR) is 107 cm³/mol. The number of hydrogen-bond acceptors (Lipinski definition) is 3. The fourth-order valence-corrected chi connectivity index (χ4v) is 3.44. The van der Waals surface area contributed by atoms with E-state index >= 15 is 0 Å². The van der Waals surface area contributed by atoms with Crippen LogP contribution in [0.5, 0.6) is 0 Å². The molecule has 0 fully saturated rings. The molecule has 0 bridgehead atoms. The summed E-state index contributed by atoms with van der Waals surface area (Å²) in [6.45, 7) is 6.04. The van der Waals surface area contributed by atoms with Gasteiger partial charge in [-0.15, -0.1) is 0 Å². The zero-order valence-electron chi connectivity index (χ0n) is 18.7. The van der Waals surface area contributed by atoms with E-state index in [-0.39, 0.29) is 41.4 Å². The number of hydrogen-bond donors (Lipinski definition) is 0. The summed E-state index contributed by atoms with van der Waals surface area (Å²) in [6, 6.07) is -0.815. The number of carboxylic acid groups (broad SMARTS) is 1. The maximum absolute atomic E-state index is 12.2. The molecular formula is C22H42NNaO3. The van der Waals surface area contributed by atoms with Crippen molar-refractivity contribution < 1.29 is 44.3 Å². The van der Waals surface area contributed by atoms with E-state index in [4.69, 9.17) is 0 Å². The van der Waals surface area contributed by atoms with Crippen molar-refractivity contribution >= 4 is 11.9 Å². The zero-order chi connectivity index (χ0) is 19.8. The van der Waals surface area contributed by atoms with Crippen LogP contribution in [0.2, 0.25) is 0 Å². The van der Waals surface area contributed by atoms with Gasteiger partial charge in [-0.25, -0.2) is 0 Å². The summed E-state index contributed by atoms with van der Waals surface area (Å²) in [7, 11) is 1.59. The van der Waals surface area contributed by atoms with Crippen LogP contribution in [0, 0.1) is 5.92 Å². The number of carboxylic acids is 1. The van der Waals surface area contributed by atoms with Gasteiger partial charge in [-0.2, -0.15) is 0 Å². The fourth-order valence-electron chi connectivity index (χ4n) is 3.44. The molecule has 4 nitrogen and oxygen atoms in total. The summed E-state index contributed by atoms with van der Waals surface area (Å²) in [5.41, 5.74) is 0. The smallest absolute Gasteiger partial charge is 0.548 e. The van der Waals surface area contributed by atoms with Gasteiger partial charge in [0.25, 0.3) is 0 Å². The number of amides is 1. The summed E-state index contributed by atoms with van der Waals surface area (Å²) in [5, 5.41) is 11.3. The molecule has 0 aromatic rings. The summed E-state index contributed by atoms with van der Waals surface area (Å²) in [4.78, 5) is 24.9. The standard InChI is InChI=1S/C22H43NO3.Na/c1-5-7-8-9-10-11-12-13-14-15-16-17-18-20(24)23(4)21(22(25)26)19(3)6-2;/h19,21H,5-18H2,1-4H3,(H,25,26);/q;+1/p-1/t19-,21-;/m0./s1. The fraction of sp³-hybridized carbons (Fsp3) is 0.909. The second-order valence-corrected chi connectivity index (χ2v) is 7.79. The third-order valence-corrected chi connectivity index (χ3v) is 5.48. The molecule has 0 aliphatic rings. The molecule has 0 aromatic carbocycles. The number of aliphatic carboxylic acids is 1. The Balaban J connectivity index is 0. The van der Waals surface area contributed by atoms with Crippen molar-refractivity contribution in [3.05, 3.63) is 0 Å². The number of carbonyl (C=O) groups excluding carboxylic acids is 2. The van der Waals surface area contributed by atoms with Crippen molar-refractivity contribution in [2.45, 2.75) is 117 Å². The Kier molecular flexibility index (Phi) is 20.8. The minimum atomic E-state index is -1.15. The molecule has 0 N–H and O–H groups in total. The van der Waals surface area contributed by atoms with Gasteiger partial charge < -0.3 is 14.8 Å². The van der Waals surface area contributed by atoms with Gasteiger partial charge in [0.2, 0.25) is 5.91 Å².